The van der Waals surface area contributed by atoms with E-state index in [2.05, 4.69) is 30.8 Å². The normalized spacial score (nSPS) is 30.6. The van der Waals surface area contributed by atoms with Crippen molar-refractivity contribution in [3.63, 3.8) is 0 Å². The zero-order valence-corrected chi connectivity index (χ0v) is 17.9. The van der Waals surface area contributed by atoms with Crippen molar-refractivity contribution >= 4 is 33.4 Å². The summed E-state index contributed by atoms with van der Waals surface area (Å²) in [5.41, 5.74) is 9.60. The minimum absolute atomic E-state index is 0.222. The molecule has 2 aliphatic rings. The standard InChI is InChI=1S/C20H17BrN4O4S/c1-23-13-8-7-12(21)9-15(13)30-20-17(26)16(24-25-22)18-14(28-20)10-27-19(29-18)11-5-3-2-4-6-11/h2-9,14,16-20,26H,10H2/t14?,16-,17?,18+,19?,20-/m1/s1. The number of nitrogens with zero attached hydrogens (tertiary/aromatic N) is 4. The fourth-order valence-electron chi connectivity index (χ4n) is 3.45. The third-order valence-corrected chi connectivity index (χ3v) is 6.57. The Balaban J connectivity index is 1.57. The number of aliphatic hydroxyl groups is 1. The van der Waals surface area contributed by atoms with Gasteiger partial charge in [0.2, 0.25) is 5.69 Å². The van der Waals surface area contributed by atoms with Crippen LogP contribution < -0.4 is 0 Å². The van der Waals surface area contributed by atoms with Crippen LogP contribution in [-0.2, 0) is 14.2 Å². The number of fused-ring (bicyclic) bond motifs is 1. The van der Waals surface area contributed by atoms with Crippen molar-refractivity contribution in [2.75, 3.05) is 6.61 Å². The van der Waals surface area contributed by atoms with E-state index in [-0.39, 0.29) is 6.61 Å². The summed E-state index contributed by atoms with van der Waals surface area (Å²) in [6, 6.07) is 13.8. The van der Waals surface area contributed by atoms with Gasteiger partial charge in [-0.3, -0.25) is 0 Å². The lowest BCUT2D eigenvalue weighted by Gasteiger charge is -2.46. The third kappa shape index (κ3) is 4.33. The van der Waals surface area contributed by atoms with Gasteiger partial charge < -0.3 is 19.3 Å². The Morgan fingerprint density at radius 3 is 2.73 bits per heavy atom. The molecule has 2 aromatic rings. The van der Waals surface area contributed by atoms with Gasteiger partial charge in [-0.05, 0) is 11.6 Å². The Morgan fingerprint density at radius 2 is 2.00 bits per heavy atom. The highest BCUT2D eigenvalue weighted by molar-refractivity contribution is 9.10. The van der Waals surface area contributed by atoms with Gasteiger partial charge in [0, 0.05) is 19.8 Å². The van der Waals surface area contributed by atoms with Gasteiger partial charge in [0.1, 0.15) is 23.7 Å². The first-order valence-electron chi connectivity index (χ1n) is 9.14. The number of aliphatic hydroxyl groups excluding tert-OH is 1. The van der Waals surface area contributed by atoms with Gasteiger partial charge in [0.15, 0.2) is 6.29 Å². The maximum Gasteiger partial charge on any atom is 0.200 e. The number of ether oxygens (including phenoxy) is 3. The Kier molecular flexibility index (Phi) is 6.61. The fourth-order valence-corrected chi connectivity index (χ4v) is 5.14. The lowest BCUT2D eigenvalue weighted by atomic mass is 9.97. The van der Waals surface area contributed by atoms with Crippen LogP contribution in [0.1, 0.15) is 11.9 Å². The van der Waals surface area contributed by atoms with Crippen molar-refractivity contribution in [3.05, 3.63) is 80.4 Å². The lowest BCUT2D eigenvalue weighted by Crippen LogP contribution is -2.60. The molecular formula is C20H17BrN4O4S. The van der Waals surface area contributed by atoms with Crippen LogP contribution in [0, 0.1) is 6.57 Å². The molecule has 2 heterocycles. The first-order valence-corrected chi connectivity index (χ1v) is 10.8. The molecule has 10 heteroatoms. The Hall–Kier alpha value is -2.09. The average molecular weight is 489 g/mol. The zero-order chi connectivity index (χ0) is 21.1. The summed E-state index contributed by atoms with van der Waals surface area (Å²) in [5.74, 6) is 0. The largest absolute Gasteiger partial charge is 0.389 e. The number of hydrogen-bond acceptors (Lipinski definition) is 6. The van der Waals surface area contributed by atoms with E-state index >= 15 is 0 Å². The molecule has 0 bridgehead atoms. The number of halogens is 1. The highest BCUT2D eigenvalue weighted by atomic mass is 79.9. The summed E-state index contributed by atoms with van der Waals surface area (Å²) in [5, 5.41) is 14.7. The summed E-state index contributed by atoms with van der Waals surface area (Å²) in [7, 11) is 0. The van der Waals surface area contributed by atoms with Crippen molar-refractivity contribution in [1.82, 2.24) is 0 Å². The van der Waals surface area contributed by atoms with Gasteiger partial charge in [-0.1, -0.05) is 63.5 Å². The Morgan fingerprint density at radius 1 is 1.20 bits per heavy atom. The monoisotopic (exact) mass is 488 g/mol. The van der Waals surface area contributed by atoms with Gasteiger partial charge in [-0.15, -0.1) is 11.8 Å². The van der Waals surface area contributed by atoms with Gasteiger partial charge >= 0.3 is 0 Å². The van der Waals surface area contributed by atoms with Crippen LogP contribution in [0.4, 0.5) is 5.69 Å². The number of rotatable bonds is 4. The highest BCUT2D eigenvalue weighted by Crippen LogP contribution is 2.42. The molecule has 0 saturated carbocycles. The quantitative estimate of drug-likeness (QED) is 0.283. The number of benzene rings is 2. The van der Waals surface area contributed by atoms with E-state index in [4.69, 9.17) is 26.3 Å². The highest BCUT2D eigenvalue weighted by Gasteiger charge is 2.49. The molecule has 0 spiro atoms. The maximum absolute atomic E-state index is 10.9. The summed E-state index contributed by atoms with van der Waals surface area (Å²) in [4.78, 5) is 7.09. The van der Waals surface area contributed by atoms with E-state index in [0.717, 1.165) is 10.0 Å². The van der Waals surface area contributed by atoms with Crippen LogP contribution in [0.2, 0.25) is 0 Å². The number of thioether (sulfide) groups is 1. The van der Waals surface area contributed by atoms with Crippen molar-refractivity contribution in [3.8, 4) is 0 Å². The molecule has 154 valence electrons. The second-order valence-corrected chi connectivity index (χ2v) is 8.80. The number of azide groups is 1. The first-order chi connectivity index (χ1) is 14.6. The van der Waals surface area contributed by atoms with Gasteiger partial charge in [0.25, 0.3) is 0 Å². The molecule has 4 rings (SSSR count). The van der Waals surface area contributed by atoms with Crippen LogP contribution in [0.3, 0.4) is 0 Å². The number of hydrogen-bond donors (Lipinski definition) is 1. The molecule has 3 unspecified atom stereocenters. The van der Waals surface area contributed by atoms with Gasteiger partial charge in [-0.25, -0.2) is 4.85 Å². The molecular weight excluding hydrogens is 472 g/mol. The fraction of sp³-hybridized carbons (Fsp3) is 0.350. The van der Waals surface area contributed by atoms with Crippen LogP contribution >= 0.6 is 27.7 Å². The Bertz CT molecular complexity index is 998. The molecule has 8 nitrogen and oxygen atoms in total. The third-order valence-electron chi connectivity index (χ3n) is 4.88. The molecule has 2 saturated heterocycles. The van der Waals surface area contributed by atoms with E-state index in [1.807, 2.05) is 30.3 Å². The predicted molar refractivity (Wildman–Crippen MR) is 114 cm³/mol. The van der Waals surface area contributed by atoms with Crippen LogP contribution in [-0.4, -0.2) is 41.5 Å². The molecule has 0 aromatic heterocycles. The summed E-state index contributed by atoms with van der Waals surface area (Å²) < 4.78 is 18.7. The maximum atomic E-state index is 10.9. The van der Waals surface area contributed by atoms with Crippen LogP contribution in [0.15, 0.2) is 63.0 Å². The second-order valence-electron chi connectivity index (χ2n) is 6.75. The second kappa shape index (κ2) is 9.37. The lowest BCUT2D eigenvalue weighted by molar-refractivity contribution is -0.297. The van der Waals surface area contributed by atoms with Crippen LogP contribution in [0.5, 0.6) is 0 Å². The summed E-state index contributed by atoms with van der Waals surface area (Å²) >= 11 is 4.61. The summed E-state index contributed by atoms with van der Waals surface area (Å²) in [6.07, 6.45) is -2.94. The minimum Gasteiger partial charge on any atom is -0.389 e. The molecule has 0 radical (unpaired) electrons. The molecule has 0 amide bonds. The molecule has 2 fully saturated rings. The summed E-state index contributed by atoms with van der Waals surface area (Å²) in [6.45, 7) is 7.59. The van der Waals surface area contributed by atoms with E-state index in [1.54, 1.807) is 18.2 Å². The smallest absolute Gasteiger partial charge is 0.200 e. The molecule has 6 atom stereocenters. The molecule has 30 heavy (non-hydrogen) atoms. The van der Waals surface area contributed by atoms with Crippen molar-refractivity contribution in [2.45, 2.75) is 41.0 Å². The van der Waals surface area contributed by atoms with E-state index in [0.29, 0.717) is 10.6 Å². The van der Waals surface area contributed by atoms with Crippen molar-refractivity contribution in [2.24, 2.45) is 5.11 Å². The molecule has 1 N–H and O–H groups in total. The topological polar surface area (TPSA) is 101 Å². The Labute approximate surface area is 185 Å². The SMILES string of the molecule is [C-]#[N+]c1ccc(Br)cc1S[C@H]1OC2COC(c3ccccc3)O[C@@H]2[C@H](N=[N+]=[N-])C1O. The van der Waals surface area contributed by atoms with E-state index in [9.17, 15) is 5.11 Å². The van der Waals surface area contributed by atoms with Gasteiger partial charge in [0.05, 0.1) is 19.2 Å². The minimum atomic E-state index is -1.13. The van der Waals surface area contributed by atoms with Crippen molar-refractivity contribution < 1.29 is 19.3 Å². The van der Waals surface area contributed by atoms with E-state index in [1.165, 1.54) is 11.8 Å². The first kappa shape index (κ1) is 21.2. The zero-order valence-electron chi connectivity index (χ0n) is 15.5. The molecule has 2 aliphatic heterocycles. The molecule has 0 aliphatic carbocycles. The molecule has 2 aromatic carbocycles. The average Bonchev–Trinajstić information content (AvgIpc) is 2.77. The van der Waals surface area contributed by atoms with Crippen LogP contribution in [0.25, 0.3) is 15.3 Å². The van der Waals surface area contributed by atoms with Gasteiger partial charge in [-0.2, -0.15) is 0 Å². The van der Waals surface area contributed by atoms with E-state index < -0.39 is 36.1 Å². The predicted octanol–water partition coefficient (Wildman–Crippen LogP) is 4.97. The van der Waals surface area contributed by atoms with Crippen molar-refractivity contribution in [1.29, 1.82) is 0 Å².